The zero-order chi connectivity index (χ0) is 19.9. The molecule has 7 nitrogen and oxygen atoms in total. The minimum absolute atomic E-state index is 0.0851. The van der Waals surface area contributed by atoms with Crippen molar-refractivity contribution < 1.29 is 14.3 Å². The van der Waals surface area contributed by atoms with E-state index < -0.39 is 5.60 Å². The summed E-state index contributed by atoms with van der Waals surface area (Å²) in [6, 6.07) is 8.22. The number of benzene rings is 1. The van der Waals surface area contributed by atoms with Crippen molar-refractivity contribution in [3.05, 3.63) is 52.3 Å². The molecular formula is C21H26N4O3. The van der Waals surface area contributed by atoms with E-state index in [1.807, 2.05) is 37.8 Å². The van der Waals surface area contributed by atoms with Crippen LogP contribution in [0.5, 0.6) is 0 Å². The summed E-state index contributed by atoms with van der Waals surface area (Å²) in [6.07, 6.45) is 1.13. The van der Waals surface area contributed by atoms with Gasteiger partial charge in [-0.25, -0.2) is 4.79 Å². The molecule has 1 aromatic carbocycles. The largest absolute Gasteiger partial charge is 0.444 e. The van der Waals surface area contributed by atoms with E-state index in [2.05, 4.69) is 22.3 Å². The molecule has 7 heteroatoms. The molecule has 0 fully saturated rings. The molecule has 0 spiro atoms. The zero-order valence-corrected chi connectivity index (χ0v) is 16.6. The Balaban J connectivity index is 1.52. The smallest absolute Gasteiger partial charge is 0.410 e. The van der Waals surface area contributed by atoms with Gasteiger partial charge in [-0.3, -0.25) is 9.89 Å². The molecule has 1 N–H and O–H groups in total. The van der Waals surface area contributed by atoms with Gasteiger partial charge in [-0.2, -0.15) is 5.10 Å². The first-order valence-corrected chi connectivity index (χ1v) is 9.72. The number of rotatable bonds is 1. The lowest BCUT2D eigenvalue weighted by Crippen LogP contribution is -2.41. The van der Waals surface area contributed by atoms with Gasteiger partial charge >= 0.3 is 6.09 Å². The fourth-order valence-corrected chi connectivity index (χ4v) is 3.77. The van der Waals surface area contributed by atoms with Crippen molar-refractivity contribution in [1.82, 2.24) is 20.0 Å². The first-order valence-electron chi connectivity index (χ1n) is 9.72. The predicted octanol–water partition coefficient (Wildman–Crippen LogP) is 2.90. The Morgan fingerprint density at radius 3 is 2.50 bits per heavy atom. The Hall–Kier alpha value is -2.83. The lowest BCUT2D eigenvalue weighted by molar-refractivity contribution is 0.0222. The summed E-state index contributed by atoms with van der Waals surface area (Å²) in [6.45, 7) is 7.70. The summed E-state index contributed by atoms with van der Waals surface area (Å²) in [7, 11) is 0. The number of carbonyl (C=O) groups excluding carboxylic acids is 2. The van der Waals surface area contributed by atoms with E-state index in [0.29, 0.717) is 38.3 Å². The van der Waals surface area contributed by atoms with E-state index >= 15 is 0 Å². The summed E-state index contributed by atoms with van der Waals surface area (Å²) >= 11 is 0. The Morgan fingerprint density at radius 1 is 1.04 bits per heavy atom. The van der Waals surface area contributed by atoms with Gasteiger partial charge in [0.1, 0.15) is 5.60 Å². The summed E-state index contributed by atoms with van der Waals surface area (Å²) in [5.41, 5.74) is 4.09. The first kappa shape index (κ1) is 18.5. The number of aromatic nitrogens is 2. The molecule has 0 atom stereocenters. The topological polar surface area (TPSA) is 78.5 Å². The minimum atomic E-state index is -0.548. The van der Waals surface area contributed by atoms with E-state index in [1.165, 1.54) is 11.1 Å². The second kappa shape index (κ2) is 6.96. The summed E-state index contributed by atoms with van der Waals surface area (Å²) < 4.78 is 5.49. The average molecular weight is 382 g/mol. The molecule has 28 heavy (non-hydrogen) atoms. The molecule has 2 aliphatic rings. The standard InChI is InChI=1S/C21H26N4O3/c1-21(2,3)28-20(27)25-11-9-17-16(13-25)18(23-22-17)19(26)24-10-8-14-6-4-5-7-15(14)12-24/h4-7H,8-13H2,1-3H3,(H,22,23). The van der Waals surface area contributed by atoms with Gasteiger partial charge < -0.3 is 14.5 Å². The molecule has 2 amide bonds. The molecule has 2 aliphatic heterocycles. The number of nitrogens with one attached hydrogen (secondary N) is 1. The highest BCUT2D eigenvalue weighted by molar-refractivity contribution is 5.94. The molecule has 148 valence electrons. The summed E-state index contributed by atoms with van der Waals surface area (Å²) in [5.74, 6) is -0.0851. The third-order valence-corrected chi connectivity index (χ3v) is 5.21. The molecule has 0 bridgehead atoms. The lowest BCUT2D eigenvalue weighted by atomic mass is 9.99. The van der Waals surface area contributed by atoms with Crippen molar-refractivity contribution in [1.29, 1.82) is 0 Å². The van der Waals surface area contributed by atoms with Gasteiger partial charge in [-0.1, -0.05) is 24.3 Å². The van der Waals surface area contributed by atoms with Crippen LogP contribution in [0.1, 0.15) is 53.6 Å². The number of nitrogens with zero attached hydrogens (tertiary/aromatic N) is 3. The molecule has 0 radical (unpaired) electrons. The van der Waals surface area contributed by atoms with Crippen molar-refractivity contribution in [2.24, 2.45) is 0 Å². The van der Waals surface area contributed by atoms with Crippen LogP contribution in [0.25, 0.3) is 0 Å². The van der Waals surface area contributed by atoms with Crippen LogP contribution < -0.4 is 0 Å². The van der Waals surface area contributed by atoms with Crippen LogP contribution >= 0.6 is 0 Å². The van der Waals surface area contributed by atoms with Gasteiger partial charge in [0, 0.05) is 37.3 Å². The highest BCUT2D eigenvalue weighted by atomic mass is 16.6. The van der Waals surface area contributed by atoms with E-state index in [4.69, 9.17) is 4.74 Å². The third-order valence-electron chi connectivity index (χ3n) is 5.21. The quantitative estimate of drug-likeness (QED) is 0.823. The van der Waals surface area contributed by atoms with E-state index in [9.17, 15) is 9.59 Å². The van der Waals surface area contributed by atoms with Crippen molar-refractivity contribution in [3.8, 4) is 0 Å². The third kappa shape index (κ3) is 3.61. The minimum Gasteiger partial charge on any atom is -0.444 e. The lowest BCUT2D eigenvalue weighted by Gasteiger charge is -2.31. The van der Waals surface area contributed by atoms with Crippen molar-refractivity contribution in [2.75, 3.05) is 13.1 Å². The molecular weight excluding hydrogens is 356 g/mol. The van der Waals surface area contributed by atoms with Crippen molar-refractivity contribution >= 4 is 12.0 Å². The fourth-order valence-electron chi connectivity index (χ4n) is 3.77. The monoisotopic (exact) mass is 382 g/mol. The van der Waals surface area contributed by atoms with Gasteiger partial charge in [0.05, 0.1) is 6.54 Å². The Kier molecular flexibility index (Phi) is 4.61. The molecule has 1 aromatic heterocycles. The van der Waals surface area contributed by atoms with Crippen LogP contribution in [0.15, 0.2) is 24.3 Å². The Bertz CT molecular complexity index is 913. The second-order valence-corrected chi connectivity index (χ2v) is 8.43. The van der Waals surface area contributed by atoms with E-state index in [0.717, 1.165) is 17.7 Å². The Morgan fingerprint density at radius 2 is 1.75 bits per heavy atom. The number of fused-ring (bicyclic) bond motifs is 2. The predicted molar refractivity (Wildman–Crippen MR) is 104 cm³/mol. The molecule has 0 unspecified atom stereocenters. The second-order valence-electron chi connectivity index (χ2n) is 8.43. The number of H-pyrrole nitrogens is 1. The number of carbonyl (C=O) groups is 2. The highest BCUT2D eigenvalue weighted by Crippen LogP contribution is 2.25. The van der Waals surface area contributed by atoms with Gasteiger partial charge in [0.25, 0.3) is 5.91 Å². The van der Waals surface area contributed by atoms with E-state index in [-0.39, 0.29) is 12.0 Å². The van der Waals surface area contributed by atoms with Crippen LogP contribution in [0.4, 0.5) is 4.79 Å². The number of hydrogen-bond acceptors (Lipinski definition) is 4. The van der Waals surface area contributed by atoms with Crippen LogP contribution in [-0.4, -0.2) is 50.7 Å². The van der Waals surface area contributed by atoms with Gasteiger partial charge in [0.2, 0.25) is 0 Å². The van der Waals surface area contributed by atoms with Gasteiger partial charge in [0.15, 0.2) is 5.69 Å². The molecule has 4 rings (SSSR count). The molecule has 2 aromatic rings. The molecule has 0 aliphatic carbocycles. The van der Waals surface area contributed by atoms with Crippen LogP contribution in [-0.2, 0) is 30.7 Å². The fraction of sp³-hybridized carbons (Fsp3) is 0.476. The number of aromatic amines is 1. The van der Waals surface area contributed by atoms with Crippen LogP contribution in [0.2, 0.25) is 0 Å². The van der Waals surface area contributed by atoms with Gasteiger partial charge in [-0.05, 0) is 38.3 Å². The number of hydrogen-bond donors (Lipinski definition) is 1. The maximum atomic E-state index is 13.2. The Labute approximate surface area is 164 Å². The van der Waals surface area contributed by atoms with Crippen molar-refractivity contribution in [2.45, 2.75) is 52.3 Å². The maximum absolute atomic E-state index is 13.2. The van der Waals surface area contributed by atoms with Crippen LogP contribution in [0, 0.1) is 0 Å². The maximum Gasteiger partial charge on any atom is 0.410 e. The normalized spacial score (nSPS) is 16.4. The highest BCUT2D eigenvalue weighted by Gasteiger charge is 2.32. The van der Waals surface area contributed by atoms with Gasteiger partial charge in [-0.15, -0.1) is 0 Å². The first-order chi connectivity index (χ1) is 13.3. The molecule has 3 heterocycles. The average Bonchev–Trinajstić information content (AvgIpc) is 3.09. The molecule has 0 saturated heterocycles. The summed E-state index contributed by atoms with van der Waals surface area (Å²) in [4.78, 5) is 29.1. The van der Waals surface area contributed by atoms with E-state index in [1.54, 1.807) is 4.90 Å². The van der Waals surface area contributed by atoms with Crippen LogP contribution in [0.3, 0.4) is 0 Å². The number of amides is 2. The van der Waals surface area contributed by atoms with Crippen molar-refractivity contribution in [3.63, 3.8) is 0 Å². The SMILES string of the molecule is CC(C)(C)OC(=O)N1CCc2[nH]nc(C(=O)N3CCc4ccccc4C3)c2C1. The zero-order valence-electron chi connectivity index (χ0n) is 16.6. The summed E-state index contributed by atoms with van der Waals surface area (Å²) in [5, 5.41) is 7.30. The number of ether oxygens (including phenoxy) is 1. The molecule has 0 saturated carbocycles.